The minimum Gasteiger partial charge on any atom is -0.382 e. The SMILES string of the molecule is COC[C@@H](C)N=C1NC(=O)[C@@H](CC(=O)Nc2cccc(Cl)c2Cl)S1. The molecule has 1 aromatic rings. The molecule has 9 heteroatoms. The summed E-state index contributed by atoms with van der Waals surface area (Å²) in [6, 6.07) is 4.88. The minimum absolute atomic E-state index is 0.0109. The molecule has 0 unspecified atom stereocenters. The molecule has 0 aliphatic carbocycles. The van der Waals surface area contributed by atoms with Crippen LogP contribution in [-0.4, -0.2) is 42.0 Å². The van der Waals surface area contributed by atoms with Gasteiger partial charge < -0.3 is 15.4 Å². The van der Waals surface area contributed by atoms with Gasteiger partial charge in [0.2, 0.25) is 11.8 Å². The Kier molecular flexibility index (Phi) is 6.91. The first kappa shape index (κ1) is 19.1. The number of carbonyl (C=O) groups excluding carboxylic acids is 2. The minimum atomic E-state index is -0.531. The maximum atomic E-state index is 12.1. The molecule has 0 saturated carbocycles. The van der Waals surface area contributed by atoms with E-state index in [2.05, 4.69) is 15.6 Å². The summed E-state index contributed by atoms with van der Waals surface area (Å²) in [6.45, 7) is 2.34. The van der Waals surface area contributed by atoms with Crippen LogP contribution in [-0.2, 0) is 14.3 Å². The number of amides is 2. The third kappa shape index (κ3) is 5.11. The van der Waals surface area contributed by atoms with Crippen LogP contribution in [0.1, 0.15) is 13.3 Å². The van der Waals surface area contributed by atoms with E-state index in [4.69, 9.17) is 27.9 Å². The highest BCUT2D eigenvalue weighted by molar-refractivity contribution is 8.15. The molecule has 0 radical (unpaired) electrons. The van der Waals surface area contributed by atoms with Crippen molar-refractivity contribution in [1.82, 2.24) is 5.32 Å². The molecule has 1 heterocycles. The molecular weight excluding hydrogens is 373 g/mol. The van der Waals surface area contributed by atoms with Gasteiger partial charge in [0.1, 0.15) is 5.25 Å². The number of halogens is 2. The summed E-state index contributed by atoms with van der Waals surface area (Å²) < 4.78 is 5.00. The third-order valence-electron chi connectivity index (χ3n) is 3.12. The highest BCUT2D eigenvalue weighted by atomic mass is 35.5. The molecule has 1 saturated heterocycles. The zero-order chi connectivity index (χ0) is 17.7. The summed E-state index contributed by atoms with van der Waals surface area (Å²) in [4.78, 5) is 28.4. The largest absolute Gasteiger partial charge is 0.382 e. The van der Waals surface area contributed by atoms with Gasteiger partial charge in [-0.2, -0.15) is 0 Å². The normalized spacial score (nSPS) is 20.1. The molecule has 2 rings (SSSR count). The fourth-order valence-electron chi connectivity index (χ4n) is 2.05. The molecule has 2 amide bonds. The van der Waals surface area contributed by atoms with Gasteiger partial charge in [-0.1, -0.05) is 41.0 Å². The van der Waals surface area contributed by atoms with Crippen LogP contribution in [0.2, 0.25) is 10.0 Å². The first-order valence-electron chi connectivity index (χ1n) is 7.18. The first-order chi connectivity index (χ1) is 11.4. The quantitative estimate of drug-likeness (QED) is 0.783. The van der Waals surface area contributed by atoms with Gasteiger partial charge in [-0.3, -0.25) is 14.6 Å². The number of hydrogen-bond acceptors (Lipinski definition) is 5. The lowest BCUT2D eigenvalue weighted by Gasteiger charge is -2.09. The van der Waals surface area contributed by atoms with Gasteiger partial charge >= 0.3 is 0 Å². The van der Waals surface area contributed by atoms with Crippen molar-refractivity contribution in [1.29, 1.82) is 0 Å². The number of methoxy groups -OCH3 is 1. The maximum absolute atomic E-state index is 12.1. The van der Waals surface area contributed by atoms with Crippen LogP contribution in [0, 0.1) is 0 Å². The van der Waals surface area contributed by atoms with Crippen molar-refractivity contribution in [2.45, 2.75) is 24.6 Å². The van der Waals surface area contributed by atoms with Crippen LogP contribution < -0.4 is 10.6 Å². The van der Waals surface area contributed by atoms with E-state index in [1.807, 2.05) is 6.92 Å². The summed E-state index contributed by atoms with van der Waals surface area (Å²) in [6.07, 6.45) is 0.0109. The van der Waals surface area contributed by atoms with Crippen molar-refractivity contribution in [3.05, 3.63) is 28.2 Å². The number of amidine groups is 1. The fraction of sp³-hybridized carbons (Fsp3) is 0.400. The number of benzene rings is 1. The fourth-order valence-corrected chi connectivity index (χ4v) is 3.47. The number of hydrogen-bond donors (Lipinski definition) is 2. The van der Waals surface area contributed by atoms with Gasteiger partial charge in [-0.25, -0.2) is 0 Å². The summed E-state index contributed by atoms with van der Waals surface area (Å²) in [5.41, 5.74) is 0.417. The van der Waals surface area contributed by atoms with Gasteiger partial charge in [-0.05, 0) is 19.1 Å². The lowest BCUT2D eigenvalue weighted by Crippen LogP contribution is -2.28. The van der Waals surface area contributed by atoms with E-state index in [-0.39, 0.29) is 29.3 Å². The van der Waals surface area contributed by atoms with Gasteiger partial charge in [0.05, 0.1) is 28.4 Å². The predicted octanol–water partition coefficient (Wildman–Crippen LogP) is 2.94. The summed E-state index contributed by atoms with van der Waals surface area (Å²) in [7, 11) is 1.59. The van der Waals surface area contributed by atoms with Crippen molar-refractivity contribution in [2.75, 3.05) is 19.0 Å². The number of carbonyl (C=O) groups is 2. The summed E-state index contributed by atoms with van der Waals surface area (Å²) >= 11 is 13.2. The van der Waals surface area contributed by atoms with E-state index < -0.39 is 5.25 Å². The Balaban J connectivity index is 1.95. The van der Waals surface area contributed by atoms with Crippen LogP contribution in [0.4, 0.5) is 5.69 Å². The smallest absolute Gasteiger partial charge is 0.240 e. The second kappa shape index (κ2) is 8.71. The molecule has 130 valence electrons. The molecule has 0 bridgehead atoms. The molecular formula is C15H17Cl2N3O3S. The van der Waals surface area contributed by atoms with Crippen molar-refractivity contribution in [3.63, 3.8) is 0 Å². The zero-order valence-corrected chi connectivity index (χ0v) is 15.5. The Morgan fingerprint density at radius 2 is 2.25 bits per heavy atom. The average molecular weight is 390 g/mol. The van der Waals surface area contributed by atoms with E-state index in [0.29, 0.717) is 22.5 Å². The number of nitrogens with zero attached hydrogens (tertiary/aromatic N) is 1. The van der Waals surface area contributed by atoms with Gasteiger partial charge in [0, 0.05) is 13.5 Å². The van der Waals surface area contributed by atoms with Crippen LogP contribution in [0.15, 0.2) is 23.2 Å². The molecule has 1 aliphatic heterocycles. The van der Waals surface area contributed by atoms with E-state index >= 15 is 0 Å². The number of thioether (sulfide) groups is 1. The Morgan fingerprint density at radius 3 is 2.96 bits per heavy atom. The molecule has 0 spiro atoms. The first-order valence-corrected chi connectivity index (χ1v) is 8.82. The standard InChI is InChI=1S/C15H17Cl2N3O3S/c1-8(7-23-2)18-15-20-14(22)11(24-15)6-12(21)19-10-5-3-4-9(16)13(10)17/h3-5,8,11H,6-7H2,1-2H3,(H,19,21)(H,18,20,22)/t8-,11-/m1/s1. The van der Waals surface area contributed by atoms with Crippen LogP contribution in [0.5, 0.6) is 0 Å². The Labute approximate surface area is 154 Å². The Bertz CT molecular complexity index is 669. The number of nitrogens with one attached hydrogen (secondary N) is 2. The van der Waals surface area contributed by atoms with Crippen molar-refractivity contribution in [2.24, 2.45) is 4.99 Å². The Morgan fingerprint density at radius 1 is 1.50 bits per heavy atom. The molecule has 0 aromatic heterocycles. The molecule has 6 nitrogen and oxygen atoms in total. The molecule has 2 N–H and O–H groups in total. The number of ether oxygens (including phenoxy) is 1. The van der Waals surface area contributed by atoms with E-state index in [1.165, 1.54) is 11.8 Å². The van der Waals surface area contributed by atoms with Crippen molar-refractivity contribution < 1.29 is 14.3 Å². The second-order valence-corrected chi connectivity index (χ2v) is 7.16. The Hall–Kier alpha value is -1.28. The van der Waals surface area contributed by atoms with Crippen LogP contribution in [0.3, 0.4) is 0 Å². The third-order valence-corrected chi connectivity index (χ3v) is 5.03. The average Bonchev–Trinajstić information content (AvgIpc) is 2.83. The lowest BCUT2D eigenvalue weighted by molar-refractivity contribution is -0.122. The van der Waals surface area contributed by atoms with Gasteiger partial charge in [0.25, 0.3) is 0 Å². The van der Waals surface area contributed by atoms with E-state index in [0.717, 1.165) is 0 Å². The van der Waals surface area contributed by atoms with E-state index in [9.17, 15) is 9.59 Å². The van der Waals surface area contributed by atoms with E-state index in [1.54, 1.807) is 25.3 Å². The van der Waals surface area contributed by atoms with Crippen LogP contribution >= 0.6 is 35.0 Å². The van der Waals surface area contributed by atoms with Crippen molar-refractivity contribution >= 4 is 57.6 Å². The number of aliphatic imine (C=N–C) groups is 1. The molecule has 24 heavy (non-hydrogen) atoms. The second-order valence-electron chi connectivity index (χ2n) is 5.19. The molecule has 1 aromatic carbocycles. The topological polar surface area (TPSA) is 79.8 Å². The number of anilines is 1. The highest BCUT2D eigenvalue weighted by Crippen LogP contribution is 2.30. The summed E-state index contributed by atoms with van der Waals surface area (Å²) in [5.74, 6) is -0.561. The molecule has 1 aliphatic rings. The van der Waals surface area contributed by atoms with Crippen LogP contribution in [0.25, 0.3) is 0 Å². The molecule has 1 fully saturated rings. The summed E-state index contributed by atoms with van der Waals surface area (Å²) in [5, 5.41) is 5.93. The van der Waals surface area contributed by atoms with Gasteiger partial charge in [0.15, 0.2) is 5.17 Å². The predicted molar refractivity (Wildman–Crippen MR) is 98.0 cm³/mol. The zero-order valence-electron chi connectivity index (χ0n) is 13.1. The van der Waals surface area contributed by atoms with Crippen molar-refractivity contribution in [3.8, 4) is 0 Å². The lowest BCUT2D eigenvalue weighted by atomic mass is 10.2. The number of rotatable bonds is 6. The van der Waals surface area contributed by atoms with Gasteiger partial charge in [-0.15, -0.1) is 0 Å². The maximum Gasteiger partial charge on any atom is 0.240 e. The highest BCUT2D eigenvalue weighted by Gasteiger charge is 2.32. The molecule has 2 atom stereocenters. The monoisotopic (exact) mass is 389 g/mol.